The van der Waals surface area contributed by atoms with Crippen LogP contribution in [0.4, 0.5) is 5.82 Å². The number of aliphatic hydroxyl groups excluding tert-OH is 2. The predicted octanol–water partition coefficient (Wildman–Crippen LogP) is -0.329. The number of aromatic nitrogens is 4. The molecule has 2 aromatic heterocycles. The number of imidazole rings is 1. The number of aliphatic carboxylic acids is 1. The first-order chi connectivity index (χ1) is 14.4. The van der Waals surface area contributed by atoms with Gasteiger partial charge in [0, 0.05) is 12.0 Å². The van der Waals surface area contributed by atoms with Crippen molar-refractivity contribution in [2.75, 3.05) is 12.3 Å². The van der Waals surface area contributed by atoms with Crippen molar-refractivity contribution in [3.05, 3.63) is 36.2 Å². The van der Waals surface area contributed by atoms with Crippen LogP contribution in [0.15, 0.2) is 30.6 Å². The highest BCUT2D eigenvalue weighted by molar-refractivity contribution is 5.85. The average molecular weight is 414 g/mol. The first-order valence-corrected chi connectivity index (χ1v) is 9.39. The molecule has 1 saturated heterocycles. The molecule has 1 aliphatic rings. The van der Waals surface area contributed by atoms with Crippen LogP contribution in [-0.4, -0.2) is 65.7 Å². The molecule has 4 atom stereocenters. The molecule has 4 rings (SSSR count). The Morgan fingerprint density at radius 2 is 2.03 bits per heavy atom. The first kappa shape index (κ1) is 20.2. The third-order valence-electron chi connectivity index (χ3n) is 5.16. The molecule has 1 aliphatic heterocycles. The van der Waals surface area contributed by atoms with E-state index < -0.39 is 30.4 Å². The highest BCUT2D eigenvalue weighted by Crippen LogP contribution is 2.36. The van der Waals surface area contributed by atoms with Crippen LogP contribution in [0.3, 0.4) is 0 Å². The molecule has 3 heterocycles. The largest absolute Gasteiger partial charge is 0.480 e. The molecule has 0 amide bonds. The highest BCUT2D eigenvalue weighted by Gasteiger charge is 2.37. The van der Waals surface area contributed by atoms with E-state index in [9.17, 15) is 15.0 Å². The highest BCUT2D eigenvalue weighted by atomic mass is 16.5. The van der Waals surface area contributed by atoms with Gasteiger partial charge in [0.05, 0.1) is 12.7 Å². The van der Waals surface area contributed by atoms with Gasteiger partial charge in [-0.1, -0.05) is 24.3 Å². The van der Waals surface area contributed by atoms with Gasteiger partial charge in [-0.25, -0.2) is 15.0 Å². The Hall–Kier alpha value is -3.12. The SMILES string of the molecule is Nc1ncnc2c1nc(-c1ccc(C[C@H](N)C(=O)O)cc1)n2C1CC(O)C(CO)O1. The number of nitrogens with zero attached hydrogens (tertiary/aromatic N) is 4. The maximum absolute atomic E-state index is 11.0. The van der Waals surface area contributed by atoms with Crippen molar-refractivity contribution in [2.24, 2.45) is 5.73 Å². The van der Waals surface area contributed by atoms with Gasteiger partial charge in [0.15, 0.2) is 17.0 Å². The van der Waals surface area contributed by atoms with Crippen molar-refractivity contribution in [2.45, 2.75) is 37.3 Å². The summed E-state index contributed by atoms with van der Waals surface area (Å²) in [4.78, 5) is 23.8. The fraction of sp³-hybridized carbons (Fsp3) is 0.368. The van der Waals surface area contributed by atoms with Gasteiger partial charge in [-0.3, -0.25) is 9.36 Å². The van der Waals surface area contributed by atoms with E-state index in [1.165, 1.54) is 6.33 Å². The summed E-state index contributed by atoms with van der Waals surface area (Å²) < 4.78 is 7.55. The standard InChI is InChI=1S/C19H22N6O5/c20-11(19(28)29)5-9-1-3-10(4-2-9)17-24-15-16(21)22-8-23-18(15)25(17)14-6-12(27)13(7-26)30-14/h1-4,8,11-14,26-27H,5-7,20H2,(H,28,29)(H2,21,22,23)/t11-,12?,13?,14?/m0/s1. The summed E-state index contributed by atoms with van der Waals surface area (Å²) in [5.41, 5.74) is 13.9. The Morgan fingerprint density at radius 1 is 1.30 bits per heavy atom. The average Bonchev–Trinajstić information content (AvgIpc) is 3.29. The summed E-state index contributed by atoms with van der Waals surface area (Å²) in [6, 6.07) is 6.15. The van der Waals surface area contributed by atoms with Crippen molar-refractivity contribution in [1.82, 2.24) is 19.5 Å². The maximum Gasteiger partial charge on any atom is 0.320 e. The molecule has 158 valence electrons. The van der Waals surface area contributed by atoms with E-state index in [1.807, 2.05) is 0 Å². The number of nitrogen functional groups attached to an aromatic ring is 1. The van der Waals surface area contributed by atoms with Crippen molar-refractivity contribution >= 4 is 23.0 Å². The minimum absolute atomic E-state index is 0.195. The molecule has 3 unspecified atom stereocenters. The van der Waals surface area contributed by atoms with Crippen molar-refractivity contribution in [3.63, 3.8) is 0 Å². The lowest BCUT2D eigenvalue weighted by Crippen LogP contribution is -2.32. The van der Waals surface area contributed by atoms with Gasteiger partial charge in [-0.05, 0) is 12.0 Å². The zero-order valence-electron chi connectivity index (χ0n) is 15.9. The van der Waals surface area contributed by atoms with E-state index in [0.29, 0.717) is 22.6 Å². The van der Waals surface area contributed by atoms with Gasteiger partial charge in [0.1, 0.15) is 30.5 Å². The number of carboxylic acids is 1. The monoisotopic (exact) mass is 414 g/mol. The number of fused-ring (bicyclic) bond motifs is 1. The Kier molecular flexibility index (Phi) is 5.35. The van der Waals surface area contributed by atoms with Crippen LogP contribution in [0.2, 0.25) is 0 Å². The fourth-order valence-corrected chi connectivity index (χ4v) is 3.57. The van der Waals surface area contributed by atoms with E-state index in [2.05, 4.69) is 15.0 Å². The molecule has 0 saturated carbocycles. The molecule has 0 aliphatic carbocycles. The Bertz CT molecular complexity index is 1070. The molecular formula is C19H22N6O5. The smallest absolute Gasteiger partial charge is 0.320 e. The van der Waals surface area contributed by atoms with Crippen LogP contribution in [0.1, 0.15) is 18.2 Å². The van der Waals surface area contributed by atoms with Crippen LogP contribution < -0.4 is 11.5 Å². The van der Waals surface area contributed by atoms with Crippen molar-refractivity contribution < 1.29 is 24.9 Å². The molecule has 11 nitrogen and oxygen atoms in total. The first-order valence-electron chi connectivity index (χ1n) is 9.39. The molecule has 1 fully saturated rings. The van der Waals surface area contributed by atoms with Crippen molar-refractivity contribution in [3.8, 4) is 11.4 Å². The number of hydrogen-bond acceptors (Lipinski definition) is 9. The summed E-state index contributed by atoms with van der Waals surface area (Å²) >= 11 is 0. The quantitative estimate of drug-likeness (QED) is 0.358. The zero-order valence-corrected chi connectivity index (χ0v) is 15.9. The van der Waals surface area contributed by atoms with Gasteiger partial charge in [-0.2, -0.15) is 0 Å². The molecule has 3 aromatic rings. The minimum Gasteiger partial charge on any atom is -0.480 e. The Morgan fingerprint density at radius 3 is 2.67 bits per heavy atom. The molecule has 30 heavy (non-hydrogen) atoms. The number of ether oxygens (including phenoxy) is 1. The number of hydrogen-bond donors (Lipinski definition) is 5. The lowest BCUT2D eigenvalue weighted by atomic mass is 10.0. The number of benzene rings is 1. The van der Waals surface area contributed by atoms with Gasteiger partial charge in [-0.15, -0.1) is 0 Å². The molecule has 0 radical (unpaired) electrons. The van der Waals surface area contributed by atoms with Crippen LogP contribution in [0.25, 0.3) is 22.6 Å². The number of anilines is 1. The second-order valence-corrected chi connectivity index (χ2v) is 7.20. The van der Waals surface area contributed by atoms with E-state index in [0.717, 1.165) is 5.56 Å². The molecule has 7 N–H and O–H groups in total. The van der Waals surface area contributed by atoms with Crippen molar-refractivity contribution in [1.29, 1.82) is 0 Å². The minimum atomic E-state index is -1.06. The number of carboxylic acid groups (broad SMARTS) is 1. The predicted molar refractivity (Wildman–Crippen MR) is 106 cm³/mol. The number of nitrogens with two attached hydrogens (primary N) is 2. The Balaban J connectivity index is 1.75. The molecular weight excluding hydrogens is 392 g/mol. The van der Waals surface area contributed by atoms with Crippen LogP contribution >= 0.6 is 0 Å². The fourth-order valence-electron chi connectivity index (χ4n) is 3.57. The zero-order chi connectivity index (χ0) is 21.4. The molecule has 0 spiro atoms. The molecule has 1 aromatic carbocycles. The van der Waals surface area contributed by atoms with Crippen LogP contribution in [0.5, 0.6) is 0 Å². The molecule has 11 heteroatoms. The van der Waals surface area contributed by atoms with E-state index in [4.69, 9.17) is 21.3 Å². The molecule has 0 bridgehead atoms. The van der Waals surface area contributed by atoms with Gasteiger partial charge in [0.2, 0.25) is 0 Å². The van der Waals surface area contributed by atoms with Gasteiger partial charge >= 0.3 is 5.97 Å². The second-order valence-electron chi connectivity index (χ2n) is 7.20. The van der Waals surface area contributed by atoms with Gasteiger partial charge < -0.3 is 31.5 Å². The van der Waals surface area contributed by atoms with Crippen LogP contribution in [0, 0.1) is 0 Å². The van der Waals surface area contributed by atoms with E-state index in [1.54, 1.807) is 28.8 Å². The van der Waals surface area contributed by atoms with Gasteiger partial charge in [0.25, 0.3) is 0 Å². The maximum atomic E-state index is 11.0. The van der Waals surface area contributed by atoms with E-state index >= 15 is 0 Å². The lowest BCUT2D eigenvalue weighted by molar-refractivity contribution is -0.138. The summed E-state index contributed by atoms with van der Waals surface area (Å²) in [6.07, 6.45) is -0.375. The second kappa shape index (κ2) is 7.95. The number of aliphatic hydroxyl groups is 2. The summed E-state index contributed by atoms with van der Waals surface area (Å²) in [7, 11) is 0. The Labute approximate surface area is 170 Å². The topological polar surface area (TPSA) is 183 Å². The normalized spacial score (nSPS) is 22.4. The van der Waals surface area contributed by atoms with Crippen LogP contribution in [-0.2, 0) is 16.0 Å². The summed E-state index contributed by atoms with van der Waals surface area (Å²) in [5, 5.41) is 28.6. The van der Waals surface area contributed by atoms with E-state index in [-0.39, 0.29) is 25.3 Å². The third-order valence-corrected chi connectivity index (χ3v) is 5.16. The number of carbonyl (C=O) groups is 1. The lowest BCUT2D eigenvalue weighted by Gasteiger charge is -2.17. The third kappa shape index (κ3) is 3.59. The summed E-state index contributed by atoms with van der Waals surface area (Å²) in [5.74, 6) is -0.353. The summed E-state index contributed by atoms with van der Waals surface area (Å²) in [6.45, 7) is -0.310. The number of rotatable bonds is 6.